The summed E-state index contributed by atoms with van der Waals surface area (Å²) in [5.41, 5.74) is 2.28. The molecule has 13 heteroatoms. The number of nitrogens with one attached hydrogen (secondary N) is 2. The van der Waals surface area contributed by atoms with Gasteiger partial charge in [-0.3, -0.25) is 4.79 Å². The van der Waals surface area contributed by atoms with Gasteiger partial charge in [0.1, 0.15) is 33.4 Å². The number of rotatable bonds is 11. The van der Waals surface area contributed by atoms with Gasteiger partial charge in [-0.25, -0.2) is 9.97 Å². The Bertz CT molecular complexity index is 1900. The molecule has 0 fully saturated rings. The predicted octanol–water partition coefficient (Wildman–Crippen LogP) is 9.23. The fourth-order valence-electron chi connectivity index (χ4n) is 4.80. The molecule has 0 atom stereocenters. The molecule has 8 nitrogen and oxygen atoms in total. The summed E-state index contributed by atoms with van der Waals surface area (Å²) in [7, 11) is 1.61. The smallest absolute Gasteiger partial charge is 0.497 e. The van der Waals surface area contributed by atoms with Gasteiger partial charge in [-0.15, -0.1) is 24.5 Å². The maximum atomic E-state index is 13.3. The molecule has 5 rings (SSSR count). The van der Waals surface area contributed by atoms with E-state index in [0.717, 1.165) is 11.3 Å². The number of hydrogen-bond donors (Lipinski definition) is 2. The molecule has 0 aliphatic heterocycles. The third kappa shape index (κ3) is 8.63. The summed E-state index contributed by atoms with van der Waals surface area (Å²) in [5.74, 6) is 0.771. The van der Waals surface area contributed by atoms with Crippen LogP contribution in [0.4, 0.5) is 24.7 Å². The number of amides is 1. The first-order chi connectivity index (χ1) is 22.2. The van der Waals surface area contributed by atoms with Crippen LogP contribution < -0.4 is 24.8 Å². The second-order valence-electron chi connectivity index (χ2n) is 11.5. The molecule has 3 aromatic carbocycles. The van der Waals surface area contributed by atoms with Crippen LogP contribution in [0.1, 0.15) is 54.1 Å². The minimum atomic E-state index is -4.88. The number of carbonyl (C=O) groups is 1. The molecule has 0 bridgehead atoms. The number of alkyl halides is 3. The summed E-state index contributed by atoms with van der Waals surface area (Å²) in [4.78, 5) is 23.4. The number of methoxy groups -OCH3 is 1. The van der Waals surface area contributed by atoms with Crippen molar-refractivity contribution in [3.8, 4) is 17.2 Å². The zero-order valence-corrected chi connectivity index (χ0v) is 27.7. The van der Waals surface area contributed by atoms with Gasteiger partial charge in [-0.2, -0.15) is 0 Å². The van der Waals surface area contributed by atoms with Gasteiger partial charge in [0.15, 0.2) is 0 Å². The third-order valence-electron chi connectivity index (χ3n) is 7.18. The molecule has 2 aromatic heterocycles. The number of aromatic nitrogens is 2. The van der Waals surface area contributed by atoms with E-state index in [1.165, 1.54) is 23.5 Å². The van der Waals surface area contributed by atoms with Gasteiger partial charge in [-0.05, 0) is 79.1 Å². The van der Waals surface area contributed by atoms with E-state index < -0.39 is 17.5 Å². The Labute approximate surface area is 278 Å². The number of carbonyl (C=O) groups excluding carboxylic acids is 1. The van der Waals surface area contributed by atoms with Crippen molar-refractivity contribution >= 4 is 50.7 Å². The summed E-state index contributed by atoms with van der Waals surface area (Å²) in [6, 6.07) is 18.5. The Morgan fingerprint density at radius 3 is 2.34 bits per heavy atom. The Kier molecular flexibility index (Phi) is 9.83. The number of benzene rings is 3. The molecule has 0 saturated carbocycles. The van der Waals surface area contributed by atoms with Crippen molar-refractivity contribution in [1.29, 1.82) is 0 Å². The van der Waals surface area contributed by atoms with Crippen LogP contribution >= 0.6 is 22.9 Å². The topological polar surface area (TPSA) is 94.6 Å². The largest absolute Gasteiger partial charge is 0.573 e. The number of hydrogen-bond acceptors (Lipinski definition) is 8. The molecule has 47 heavy (non-hydrogen) atoms. The van der Waals surface area contributed by atoms with Crippen molar-refractivity contribution in [1.82, 2.24) is 9.97 Å². The van der Waals surface area contributed by atoms with Crippen LogP contribution in [0.5, 0.6) is 17.2 Å². The average molecular weight is 685 g/mol. The molecule has 2 N–H and O–H groups in total. The SMILES string of the molecule is COc1ccc(CNc2cnc3sc(C(=O)Nc4cc(Cl)cc(C(C)(C)c5cc(OC(C)C)cc(OC(F)(F)F)c5)c4)cc3n2)cc1. The van der Waals surface area contributed by atoms with E-state index in [9.17, 15) is 18.0 Å². The molecule has 0 aliphatic rings. The van der Waals surface area contributed by atoms with E-state index in [0.29, 0.717) is 49.4 Å². The number of halogens is 4. The standard InChI is InChI=1S/C34H32ClF3N4O4S/c1-19(2)45-26-12-22(13-27(15-26)46-34(36,37)38)33(3,4)21-10-23(35)14-24(11-21)41-31(43)29-16-28-32(47-29)40-18-30(42-28)39-17-20-6-8-25(44-5)9-7-20/h6-16,18-19H,17H2,1-5H3,(H,39,42)(H,41,43). The summed E-state index contributed by atoms with van der Waals surface area (Å²) in [5, 5.41) is 6.45. The first kappa shape index (κ1) is 33.8. The molecule has 2 heterocycles. The first-order valence-electron chi connectivity index (χ1n) is 14.5. The Morgan fingerprint density at radius 1 is 0.957 bits per heavy atom. The van der Waals surface area contributed by atoms with Crippen molar-refractivity contribution in [2.45, 2.75) is 52.1 Å². The van der Waals surface area contributed by atoms with Gasteiger partial charge in [0.25, 0.3) is 5.91 Å². The van der Waals surface area contributed by atoms with Crippen molar-refractivity contribution in [3.05, 3.63) is 99.5 Å². The number of anilines is 2. The highest BCUT2D eigenvalue weighted by Gasteiger charge is 2.33. The molecule has 0 aliphatic carbocycles. The second-order valence-corrected chi connectivity index (χ2v) is 12.9. The van der Waals surface area contributed by atoms with Crippen molar-refractivity contribution in [2.75, 3.05) is 17.7 Å². The van der Waals surface area contributed by atoms with Crippen LogP contribution in [0.15, 0.2) is 72.9 Å². The monoisotopic (exact) mass is 684 g/mol. The Hall–Kier alpha value is -4.55. The Morgan fingerprint density at radius 2 is 1.66 bits per heavy atom. The highest BCUT2D eigenvalue weighted by molar-refractivity contribution is 7.20. The van der Waals surface area contributed by atoms with Crippen LogP contribution in [0.2, 0.25) is 5.02 Å². The van der Waals surface area contributed by atoms with Crippen LogP contribution in [-0.2, 0) is 12.0 Å². The number of nitrogens with zero attached hydrogens (tertiary/aromatic N) is 2. The van der Waals surface area contributed by atoms with Crippen molar-refractivity contribution < 1.29 is 32.2 Å². The fraction of sp³-hybridized carbons (Fsp3) is 0.265. The Balaban J connectivity index is 1.35. The maximum Gasteiger partial charge on any atom is 0.573 e. The maximum absolute atomic E-state index is 13.3. The fourth-order valence-corrected chi connectivity index (χ4v) is 5.88. The van der Waals surface area contributed by atoms with E-state index in [2.05, 4.69) is 25.3 Å². The zero-order valence-electron chi connectivity index (χ0n) is 26.2. The molecular weight excluding hydrogens is 653 g/mol. The zero-order chi connectivity index (χ0) is 33.9. The van der Waals surface area contributed by atoms with Crippen molar-refractivity contribution in [3.63, 3.8) is 0 Å². The molecule has 0 radical (unpaired) electrons. The lowest BCUT2D eigenvalue weighted by Gasteiger charge is -2.28. The minimum absolute atomic E-state index is 0.228. The lowest BCUT2D eigenvalue weighted by atomic mass is 9.78. The van der Waals surface area contributed by atoms with Gasteiger partial charge < -0.3 is 24.8 Å². The van der Waals surface area contributed by atoms with E-state index >= 15 is 0 Å². The molecule has 0 saturated heterocycles. The molecule has 0 spiro atoms. The van der Waals surface area contributed by atoms with Gasteiger partial charge in [0, 0.05) is 28.7 Å². The summed E-state index contributed by atoms with van der Waals surface area (Å²) >= 11 is 7.68. The lowest BCUT2D eigenvalue weighted by molar-refractivity contribution is -0.274. The molecule has 246 valence electrons. The van der Waals surface area contributed by atoms with Crippen LogP contribution in [0, 0.1) is 0 Å². The summed E-state index contributed by atoms with van der Waals surface area (Å²) < 4.78 is 54.5. The normalized spacial score (nSPS) is 11.9. The number of fused-ring (bicyclic) bond motifs is 1. The van der Waals surface area contributed by atoms with Gasteiger partial charge in [0.05, 0.1) is 24.3 Å². The quantitative estimate of drug-likeness (QED) is 0.143. The number of thiophene rings is 1. The van der Waals surface area contributed by atoms with Crippen molar-refractivity contribution in [2.24, 2.45) is 0 Å². The van der Waals surface area contributed by atoms with E-state index in [1.54, 1.807) is 57.5 Å². The molecule has 5 aromatic rings. The van der Waals surface area contributed by atoms with Gasteiger partial charge in [0.2, 0.25) is 0 Å². The third-order valence-corrected chi connectivity index (χ3v) is 8.43. The minimum Gasteiger partial charge on any atom is -0.497 e. The van der Waals surface area contributed by atoms with Crippen LogP contribution in [-0.4, -0.2) is 35.5 Å². The molecular formula is C34H32ClF3N4O4S. The van der Waals surface area contributed by atoms with Gasteiger partial charge >= 0.3 is 6.36 Å². The van der Waals surface area contributed by atoms with E-state index in [4.69, 9.17) is 21.1 Å². The predicted molar refractivity (Wildman–Crippen MR) is 178 cm³/mol. The van der Waals surface area contributed by atoms with Crippen LogP contribution in [0.25, 0.3) is 10.3 Å². The molecule has 1 amide bonds. The van der Waals surface area contributed by atoms with Gasteiger partial charge in [-0.1, -0.05) is 37.6 Å². The lowest BCUT2D eigenvalue weighted by Crippen LogP contribution is -2.22. The average Bonchev–Trinajstić information content (AvgIpc) is 3.42. The van der Waals surface area contributed by atoms with E-state index in [1.807, 2.05) is 38.1 Å². The second kappa shape index (κ2) is 13.7. The highest BCUT2D eigenvalue weighted by Crippen LogP contribution is 2.39. The summed E-state index contributed by atoms with van der Waals surface area (Å²) in [6.45, 7) is 7.74. The molecule has 0 unspecified atom stereocenters. The first-order valence-corrected chi connectivity index (χ1v) is 15.7. The summed E-state index contributed by atoms with van der Waals surface area (Å²) in [6.07, 6.45) is -3.54. The van der Waals surface area contributed by atoms with Crippen LogP contribution in [0.3, 0.4) is 0 Å². The highest BCUT2D eigenvalue weighted by atomic mass is 35.5. The number of ether oxygens (including phenoxy) is 3. The van der Waals surface area contributed by atoms with E-state index in [-0.39, 0.29) is 17.8 Å².